The minimum absolute atomic E-state index is 0.0340. The van der Waals surface area contributed by atoms with Crippen molar-refractivity contribution in [3.63, 3.8) is 0 Å². The van der Waals surface area contributed by atoms with Gasteiger partial charge in [0, 0.05) is 35.1 Å². The molecule has 0 aromatic heterocycles. The number of carbonyl (C=O) groups is 5. The van der Waals surface area contributed by atoms with E-state index in [1.807, 2.05) is 0 Å². The van der Waals surface area contributed by atoms with Crippen LogP contribution in [0.25, 0.3) is 0 Å². The zero-order chi connectivity index (χ0) is 28.4. The highest BCUT2D eigenvalue weighted by Gasteiger charge is 2.20. The van der Waals surface area contributed by atoms with E-state index < -0.39 is 48.0 Å². The zero-order valence-corrected chi connectivity index (χ0v) is 20.0. The molecule has 0 aliphatic heterocycles. The van der Waals surface area contributed by atoms with E-state index in [2.05, 4.69) is 10.3 Å². The summed E-state index contributed by atoms with van der Waals surface area (Å²) < 4.78 is 5.74. The summed E-state index contributed by atoms with van der Waals surface area (Å²) in [5.41, 5.74) is 16.5. The molecular formula is C24H26N6O8. The first kappa shape index (κ1) is 29.0. The molecule has 10 N–H and O–H groups in total. The summed E-state index contributed by atoms with van der Waals surface area (Å²) in [7, 11) is 0. The van der Waals surface area contributed by atoms with Gasteiger partial charge in [-0.2, -0.15) is 4.99 Å². The molecule has 0 aliphatic rings. The van der Waals surface area contributed by atoms with Gasteiger partial charge in [-0.25, -0.2) is 4.79 Å². The standard InChI is InChI=1S/C24H26N6O8/c25-20(26)13-5-4-12(9-17(31)23(36)37)18(10-13)38-11-16(6-7-19(32)33)29-21(34)14-2-1-3-15(8-14)22(35)30-24(27)28/h1-5,8,10,16H,6-7,9,11H2,(H3,25,26)(H,29,34)(H,32,33)(H,36,37)(H4,27,28,30,35). The minimum atomic E-state index is -1.64. The highest BCUT2D eigenvalue weighted by molar-refractivity contribution is 6.33. The van der Waals surface area contributed by atoms with Gasteiger partial charge in [0.1, 0.15) is 18.2 Å². The number of carbonyl (C=O) groups excluding carboxylic acids is 3. The number of ketones is 1. The number of nitrogens with zero attached hydrogens (tertiary/aromatic N) is 1. The normalized spacial score (nSPS) is 11.1. The highest BCUT2D eigenvalue weighted by atomic mass is 16.5. The van der Waals surface area contributed by atoms with Gasteiger partial charge in [0.25, 0.3) is 11.8 Å². The number of ether oxygens (including phenoxy) is 1. The average molecular weight is 527 g/mol. The van der Waals surface area contributed by atoms with Crippen LogP contribution >= 0.6 is 0 Å². The molecule has 2 rings (SSSR count). The molecule has 0 aliphatic carbocycles. The van der Waals surface area contributed by atoms with Crippen LogP contribution in [0.5, 0.6) is 5.75 Å². The summed E-state index contributed by atoms with van der Waals surface area (Å²) in [5, 5.41) is 28.3. The van der Waals surface area contributed by atoms with Crippen molar-refractivity contribution in [2.45, 2.75) is 25.3 Å². The van der Waals surface area contributed by atoms with Gasteiger partial charge in [0.15, 0.2) is 5.96 Å². The Labute approximate surface area is 216 Å². The maximum atomic E-state index is 12.9. The fourth-order valence-corrected chi connectivity index (χ4v) is 3.18. The molecule has 14 nitrogen and oxygen atoms in total. The number of nitrogen functional groups attached to an aromatic ring is 1. The first-order valence-corrected chi connectivity index (χ1v) is 11.0. The number of aliphatic carboxylic acids is 2. The summed E-state index contributed by atoms with van der Waals surface area (Å²) >= 11 is 0. The first-order chi connectivity index (χ1) is 17.9. The number of carboxylic acids is 2. The fraction of sp³-hybridized carbons (Fsp3) is 0.208. The monoisotopic (exact) mass is 526 g/mol. The number of hydrogen-bond acceptors (Lipinski definition) is 7. The molecule has 2 aromatic carbocycles. The van der Waals surface area contributed by atoms with Crippen molar-refractivity contribution >= 4 is 41.3 Å². The number of amides is 2. The van der Waals surface area contributed by atoms with Gasteiger partial charge >= 0.3 is 11.9 Å². The number of Topliss-reactive ketones (excluding diaryl/α,β-unsaturated/α-hetero) is 1. The second-order valence-corrected chi connectivity index (χ2v) is 7.98. The van der Waals surface area contributed by atoms with Gasteiger partial charge < -0.3 is 37.5 Å². The lowest BCUT2D eigenvalue weighted by atomic mass is 10.0. The smallest absolute Gasteiger partial charge is 0.372 e. The topological polar surface area (TPSA) is 261 Å². The van der Waals surface area contributed by atoms with E-state index in [4.69, 9.17) is 37.6 Å². The number of rotatable bonds is 13. The lowest BCUT2D eigenvalue weighted by molar-refractivity contribution is -0.148. The Morgan fingerprint density at radius 3 is 2.26 bits per heavy atom. The summed E-state index contributed by atoms with van der Waals surface area (Å²) in [6.07, 6.45) is -0.885. The van der Waals surface area contributed by atoms with E-state index in [1.165, 1.54) is 42.5 Å². The van der Waals surface area contributed by atoms with Crippen LogP contribution in [0.1, 0.15) is 44.7 Å². The van der Waals surface area contributed by atoms with Crippen LogP contribution in [0.2, 0.25) is 0 Å². The molecule has 0 radical (unpaired) electrons. The molecule has 0 fully saturated rings. The highest BCUT2D eigenvalue weighted by Crippen LogP contribution is 2.22. The summed E-state index contributed by atoms with van der Waals surface area (Å²) in [6.45, 7) is -0.277. The van der Waals surface area contributed by atoms with Crippen molar-refractivity contribution in [1.29, 1.82) is 5.41 Å². The van der Waals surface area contributed by atoms with E-state index in [1.54, 1.807) is 0 Å². The number of aliphatic imine (C=N–C) groups is 1. The van der Waals surface area contributed by atoms with Crippen LogP contribution in [0.4, 0.5) is 0 Å². The molecule has 14 heteroatoms. The van der Waals surface area contributed by atoms with E-state index in [0.717, 1.165) is 0 Å². The quantitative estimate of drug-likeness (QED) is 0.100. The number of amidine groups is 1. The van der Waals surface area contributed by atoms with Crippen molar-refractivity contribution in [2.24, 2.45) is 22.2 Å². The van der Waals surface area contributed by atoms with Crippen LogP contribution < -0.4 is 27.3 Å². The van der Waals surface area contributed by atoms with Crippen LogP contribution in [0.15, 0.2) is 47.5 Å². The maximum absolute atomic E-state index is 12.9. The molecule has 0 saturated carbocycles. The molecule has 0 saturated heterocycles. The SMILES string of the molecule is N=C(N)c1ccc(CC(=O)C(=O)O)c(OCC(CCC(=O)O)NC(=O)c2cccc(C(=O)N=C(N)N)c2)c1. The van der Waals surface area contributed by atoms with Gasteiger partial charge in [0.2, 0.25) is 5.78 Å². The molecule has 200 valence electrons. The predicted octanol–water partition coefficient (Wildman–Crippen LogP) is -0.377. The van der Waals surface area contributed by atoms with E-state index in [-0.39, 0.29) is 53.3 Å². The molecule has 38 heavy (non-hydrogen) atoms. The van der Waals surface area contributed by atoms with Crippen LogP contribution in [-0.2, 0) is 20.8 Å². The molecular weight excluding hydrogens is 500 g/mol. The van der Waals surface area contributed by atoms with Gasteiger partial charge in [0.05, 0.1) is 6.04 Å². The van der Waals surface area contributed by atoms with E-state index in [0.29, 0.717) is 0 Å². The van der Waals surface area contributed by atoms with Crippen molar-refractivity contribution in [1.82, 2.24) is 5.32 Å². The van der Waals surface area contributed by atoms with Gasteiger partial charge in [-0.05, 0) is 30.7 Å². The lowest BCUT2D eigenvalue weighted by Gasteiger charge is -2.20. The number of nitrogens with one attached hydrogen (secondary N) is 2. The molecule has 0 heterocycles. The largest absolute Gasteiger partial charge is 0.491 e. The average Bonchev–Trinajstić information content (AvgIpc) is 2.85. The Bertz CT molecular complexity index is 1300. The number of nitrogens with two attached hydrogens (primary N) is 3. The van der Waals surface area contributed by atoms with Gasteiger partial charge in [-0.15, -0.1) is 0 Å². The summed E-state index contributed by atoms with van der Waals surface area (Å²) in [4.78, 5) is 62.2. The van der Waals surface area contributed by atoms with Crippen LogP contribution in [0.3, 0.4) is 0 Å². The first-order valence-electron chi connectivity index (χ1n) is 11.0. The van der Waals surface area contributed by atoms with Crippen molar-refractivity contribution in [3.8, 4) is 5.75 Å². The van der Waals surface area contributed by atoms with Gasteiger partial charge in [-0.1, -0.05) is 18.2 Å². The number of carboxylic acid groups (broad SMARTS) is 2. The minimum Gasteiger partial charge on any atom is -0.491 e. The molecule has 1 atom stereocenters. The third-order valence-electron chi connectivity index (χ3n) is 5.05. The van der Waals surface area contributed by atoms with Crippen LogP contribution in [-0.4, -0.2) is 64.2 Å². The Morgan fingerprint density at radius 2 is 1.66 bits per heavy atom. The Hall–Kier alpha value is -5.27. The zero-order valence-electron chi connectivity index (χ0n) is 20.0. The summed E-state index contributed by atoms with van der Waals surface area (Å²) in [6, 6.07) is 8.79. The third kappa shape index (κ3) is 8.75. The third-order valence-corrected chi connectivity index (χ3v) is 5.05. The predicted molar refractivity (Wildman–Crippen MR) is 134 cm³/mol. The van der Waals surface area contributed by atoms with Crippen LogP contribution in [0, 0.1) is 5.41 Å². The molecule has 0 bridgehead atoms. The Balaban J connectivity index is 2.27. The van der Waals surface area contributed by atoms with Crippen molar-refractivity contribution < 1.29 is 38.9 Å². The number of hydrogen-bond donors (Lipinski definition) is 7. The lowest BCUT2D eigenvalue weighted by Crippen LogP contribution is -2.39. The number of benzene rings is 2. The van der Waals surface area contributed by atoms with E-state index >= 15 is 0 Å². The summed E-state index contributed by atoms with van der Waals surface area (Å²) in [5.74, 6) is -6.01. The molecule has 2 aromatic rings. The van der Waals surface area contributed by atoms with Crippen molar-refractivity contribution in [2.75, 3.05) is 6.61 Å². The number of guanidine groups is 1. The fourth-order valence-electron chi connectivity index (χ4n) is 3.18. The molecule has 1 unspecified atom stereocenters. The van der Waals surface area contributed by atoms with E-state index in [9.17, 15) is 24.0 Å². The second-order valence-electron chi connectivity index (χ2n) is 7.98. The molecule has 2 amide bonds. The Kier molecular flexibility index (Phi) is 10.0. The maximum Gasteiger partial charge on any atom is 0.372 e. The van der Waals surface area contributed by atoms with Gasteiger partial charge in [-0.3, -0.25) is 24.6 Å². The van der Waals surface area contributed by atoms with Crippen molar-refractivity contribution in [3.05, 3.63) is 64.7 Å². The Morgan fingerprint density at radius 1 is 0.974 bits per heavy atom. The molecule has 0 spiro atoms. The second kappa shape index (κ2) is 13.2.